The van der Waals surface area contributed by atoms with Crippen molar-refractivity contribution in [2.24, 2.45) is 0 Å². The number of ether oxygens (including phenoxy) is 2. The Kier molecular flexibility index (Phi) is 7.92. The van der Waals surface area contributed by atoms with Crippen LogP contribution in [0.25, 0.3) is 0 Å². The highest BCUT2D eigenvalue weighted by molar-refractivity contribution is 6.34. The van der Waals surface area contributed by atoms with Crippen molar-refractivity contribution in [1.82, 2.24) is 10.7 Å². The zero-order valence-corrected chi connectivity index (χ0v) is 17.5. The van der Waals surface area contributed by atoms with Gasteiger partial charge in [0.25, 0.3) is 5.91 Å². The summed E-state index contributed by atoms with van der Waals surface area (Å²) in [7, 11) is 1.21. The smallest absolute Gasteiger partial charge is 0.426 e. The lowest BCUT2D eigenvalue weighted by molar-refractivity contribution is 0.0600. The molecule has 164 valence electrons. The number of nitrogens with zero attached hydrogens (tertiary/aromatic N) is 1. The van der Waals surface area contributed by atoms with Crippen LogP contribution in [0.4, 0.5) is 19.7 Å². The maximum atomic E-state index is 14.0. The van der Waals surface area contributed by atoms with Crippen LogP contribution in [0.2, 0.25) is 5.02 Å². The molecular weight excluding hydrogens is 433 g/mol. The van der Waals surface area contributed by atoms with Crippen LogP contribution in [0, 0.1) is 5.82 Å². The third kappa shape index (κ3) is 6.16. The average molecular weight is 452 g/mol. The van der Waals surface area contributed by atoms with E-state index in [2.05, 4.69) is 10.2 Å². The predicted molar refractivity (Wildman–Crippen MR) is 109 cm³/mol. The van der Waals surface area contributed by atoms with Crippen molar-refractivity contribution < 1.29 is 33.0 Å². The van der Waals surface area contributed by atoms with Crippen LogP contribution in [0.3, 0.4) is 0 Å². The van der Waals surface area contributed by atoms with E-state index in [-0.39, 0.29) is 16.3 Å². The zero-order chi connectivity index (χ0) is 23.1. The van der Waals surface area contributed by atoms with Gasteiger partial charge >= 0.3 is 18.1 Å². The highest BCUT2D eigenvalue weighted by Crippen LogP contribution is 2.19. The fourth-order valence-electron chi connectivity index (χ4n) is 2.36. The number of methoxy groups -OCH3 is 1. The van der Waals surface area contributed by atoms with Gasteiger partial charge in [-0.1, -0.05) is 17.7 Å². The van der Waals surface area contributed by atoms with Crippen molar-refractivity contribution in [3.05, 3.63) is 64.4 Å². The fraction of sp³-hybridized carbons (Fsp3) is 0.200. The Labute approximate surface area is 182 Å². The number of imide groups is 1. The number of carbonyl (C=O) groups excluding carboxylic acids is 4. The third-order valence-corrected chi connectivity index (χ3v) is 4.02. The number of rotatable bonds is 4. The molecule has 2 aromatic carbocycles. The summed E-state index contributed by atoms with van der Waals surface area (Å²) in [6.07, 6.45) is -1.48. The van der Waals surface area contributed by atoms with E-state index in [4.69, 9.17) is 16.3 Å². The number of anilines is 1. The molecule has 4 amide bonds. The molecule has 0 aromatic heterocycles. The molecule has 0 bridgehead atoms. The molecular formula is C20H19ClFN3O6. The van der Waals surface area contributed by atoms with Gasteiger partial charge in [0, 0.05) is 0 Å². The minimum Gasteiger partial charge on any atom is -0.465 e. The lowest BCUT2D eigenvalue weighted by Gasteiger charge is -2.23. The summed E-state index contributed by atoms with van der Waals surface area (Å²) < 4.78 is 23.5. The van der Waals surface area contributed by atoms with Crippen LogP contribution in [-0.2, 0) is 9.47 Å². The number of urea groups is 1. The lowest BCUT2D eigenvalue weighted by Crippen LogP contribution is -2.53. The van der Waals surface area contributed by atoms with Gasteiger partial charge in [0.15, 0.2) is 0 Å². The summed E-state index contributed by atoms with van der Waals surface area (Å²) in [6.45, 7) is 3.19. The van der Waals surface area contributed by atoms with Gasteiger partial charge in [-0.2, -0.15) is 5.01 Å². The molecule has 0 saturated carbocycles. The van der Waals surface area contributed by atoms with Crippen LogP contribution < -0.4 is 15.8 Å². The van der Waals surface area contributed by atoms with Crippen LogP contribution >= 0.6 is 11.6 Å². The lowest BCUT2D eigenvalue weighted by atomic mass is 10.2. The minimum atomic E-state index is -1.13. The summed E-state index contributed by atoms with van der Waals surface area (Å²) in [5.74, 6) is -2.67. The minimum absolute atomic E-state index is 0.0679. The molecule has 11 heteroatoms. The van der Waals surface area contributed by atoms with Crippen molar-refractivity contribution in [2.45, 2.75) is 20.0 Å². The van der Waals surface area contributed by atoms with Gasteiger partial charge in [0.1, 0.15) is 5.82 Å². The Hall–Kier alpha value is -3.66. The molecule has 0 aliphatic heterocycles. The van der Waals surface area contributed by atoms with E-state index in [0.717, 1.165) is 6.07 Å². The van der Waals surface area contributed by atoms with E-state index in [9.17, 15) is 23.6 Å². The number of hydrogen-bond donors (Lipinski definition) is 2. The number of esters is 1. The molecule has 2 rings (SSSR count). The number of hydrazine groups is 1. The molecule has 31 heavy (non-hydrogen) atoms. The molecule has 0 saturated heterocycles. The van der Waals surface area contributed by atoms with Crippen molar-refractivity contribution in [3.8, 4) is 0 Å². The standard InChI is InChI=1S/C20H19ClFN3O6/c1-11(2)31-20(29)24-25(13-9-7-12(8-10-13)18(27)30-3)19(28)23-17(26)16-14(21)5-4-6-15(16)22/h4-11H,1-3H3,(H,24,29)(H,23,26,28). The quantitative estimate of drug-likeness (QED) is 0.541. The molecule has 0 aliphatic rings. The van der Waals surface area contributed by atoms with Gasteiger partial charge in [-0.25, -0.2) is 24.2 Å². The fourth-order valence-corrected chi connectivity index (χ4v) is 2.61. The Balaban J connectivity index is 2.30. The highest BCUT2D eigenvalue weighted by atomic mass is 35.5. The molecule has 0 aliphatic carbocycles. The average Bonchev–Trinajstić information content (AvgIpc) is 2.70. The first-order valence-electron chi connectivity index (χ1n) is 8.89. The van der Waals surface area contributed by atoms with Crippen LogP contribution in [0.1, 0.15) is 34.6 Å². The van der Waals surface area contributed by atoms with E-state index in [0.29, 0.717) is 5.01 Å². The first-order chi connectivity index (χ1) is 14.6. The van der Waals surface area contributed by atoms with E-state index in [1.165, 1.54) is 43.5 Å². The van der Waals surface area contributed by atoms with Crippen molar-refractivity contribution in [1.29, 1.82) is 0 Å². The van der Waals surface area contributed by atoms with Crippen LogP contribution in [-0.4, -0.2) is 37.2 Å². The Morgan fingerprint density at radius 1 is 1.06 bits per heavy atom. The highest BCUT2D eigenvalue weighted by Gasteiger charge is 2.25. The van der Waals surface area contributed by atoms with Crippen molar-refractivity contribution >= 4 is 41.3 Å². The zero-order valence-electron chi connectivity index (χ0n) is 16.8. The second kappa shape index (κ2) is 10.4. The number of benzene rings is 2. The topological polar surface area (TPSA) is 114 Å². The van der Waals surface area contributed by atoms with E-state index < -0.39 is 41.5 Å². The largest absolute Gasteiger partial charge is 0.465 e. The Morgan fingerprint density at radius 2 is 1.71 bits per heavy atom. The Morgan fingerprint density at radius 3 is 2.26 bits per heavy atom. The van der Waals surface area contributed by atoms with Gasteiger partial charge in [-0.15, -0.1) is 0 Å². The van der Waals surface area contributed by atoms with Gasteiger partial charge in [0.2, 0.25) is 0 Å². The molecule has 2 aromatic rings. The van der Waals surface area contributed by atoms with Gasteiger partial charge < -0.3 is 9.47 Å². The second-order valence-corrected chi connectivity index (χ2v) is 6.70. The van der Waals surface area contributed by atoms with E-state index in [1.54, 1.807) is 13.8 Å². The first kappa shape index (κ1) is 23.6. The number of nitrogens with one attached hydrogen (secondary N) is 2. The van der Waals surface area contributed by atoms with E-state index >= 15 is 0 Å². The number of halogens is 2. The number of carbonyl (C=O) groups is 4. The summed E-state index contributed by atoms with van der Waals surface area (Å²) in [5.41, 5.74) is 1.89. The van der Waals surface area contributed by atoms with Crippen LogP contribution in [0.15, 0.2) is 42.5 Å². The first-order valence-corrected chi connectivity index (χ1v) is 9.27. The monoisotopic (exact) mass is 451 g/mol. The van der Waals surface area contributed by atoms with E-state index in [1.807, 2.05) is 5.32 Å². The maximum absolute atomic E-state index is 14.0. The summed E-state index contributed by atoms with van der Waals surface area (Å²) >= 11 is 5.85. The number of hydrogen-bond acceptors (Lipinski definition) is 6. The Bertz CT molecular complexity index is 977. The molecule has 0 unspecified atom stereocenters. The second-order valence-electron chi connectivity index (χ2n) is 6.30. The third-order valence-electron chi connectivity index (χ3n) is 3.71. The molecule has 0 atom stereocenters. The SMILES string of the molecule is COC(=O)c1ccc(N(NC(=O)OC(C)C)C(=O)NC(=O)c2c(F)cccc2Cl)cc1. The molecule has 0 radical (unpaired) electrons. The molecule has 0 spiro atoms. The normalized spacial score (nSPS) is 10.3. The summed E-state index contributed by atoms with van der Waals surface area (Å²) in [6, 6.07) is 7.78. The predicted octanol–water partition coefficient (Wildman–Crippen LogP) is 3.67. The molecule has 2 N–H and O–H groups in total. The van der Waals surface area contributed by atoms with Gasteiger partial charge in [-0.05, 0) is 50.2 Å². The van der Waals surface area contributed by atoms with Crippen molar-refractivity contribution in [3.63, 3.8) is 0 Å². The molecule has 0 fully saturated rings. The molecule has 9 nitrogen and oxygen atoms in total. The summed E-state index contributed by atoms with van der Waals surface area (Å²) in [5, 5.41) is 2.41. The maximum Gasteiger partial charge on any atom is 0.426 e. The van der Waals surface area contributed by atoms with Crippen LogP contribution in [0.5, 0.6) is 0 Å². The molecule has 0 heterocycles. The van der Waals surface area contributed by atoms with Gasteiger partial charge in [-0.3, -0.25) is 10.1 Å². The van der Waals surface area contributed by atoms with Gasteiger partial charge in [0.05, 0.1) is 35.1 Å². The van der Waals surface area contributed by atoms with Crippen molar-refractivity contribution in [2.75, 3.05) is 12.1 Å². The number of amides is 4. The summed E-state index contributed by atoms with van der Waals surface area (Å²) in [4.78, 5) is 48.7.